The van der Waals surface area contributed by atoms with Crippen LogP contribution in [0.5, 0.6) is 0 Å². The van der Waals surface area contributed by atoms with Crippen LogP contribution < -0.4 is 0 Å². The zero-order valence-electron chi connectivity index (χ0n) is 16.0. The number of hydrogen-bond acceptors (Lipinski definition) is 3. The highest BCUT2D eigenvalue weighted by molar-refractivity contribution is 7.94. The Morgan fingerprint density at radius 1 is 0.875 bits per heavy atom. The lowest BCUT2D eigenvalue weighted by molar-refractivity contribution is 0.234. The normalized spacial score (nSPS) is 14.9. The molecule has 136 valence electrons. The lowest BCUT2D eigenvalue weighted by Gasteiger charge is -2.43. The van der Waals surface area contributed by atoms with Gasteiger partial charge in [-0.2, -0.15) is 0 Å². The van der Waals surface area contributed by atoms with E-state index in [1.54, 1.807) is 30.3 Å². The maximum absolute atomic E-state index is 12.4. The third-order valence-corrected chi connectivity index (χ3v) is 12.3. The van der Waals surface area contributed by atoms with E-state index in [0.717, 1.165) is 0 Å². The van der Waals surface area contributed by atoms with Gasteiger partial charge >= 0.3 is 0 Å². The molecular weight excluding hydrogens is 336 g/mol. The first-order valence-electron chi connectivity index (χ1n) is 8.70. The quantitative estimate of drug-likeness (QED) is 0.565. The minimum Gasteiger partial charge on any atom is -0.410 e. The van der Waals surface area contributed by atoms with Gasteiger partial charge in [0.1, 0.15) is 0 Å². The van der Waals surface area contributed by atoms with Crippen molar-refractivity contribution in [2.75, 3.05) is 0 Å². The third-order valence-electron chi connectivity index (χ3n) is 4.70. The van der Waals surface area contributed by atoms with Gasteiger partial charge in [-0.1, -0.05) is 59.7 Å². The summed E-state index contributed by atoms with van der Waals surface area (Å²) in [4.78, 5) is 0.313. The highest BCUT2D eigenvalue weighted by atomic mass is 32.2. The smallest absolute Gasteiger partial charge is 0.201 e. The van der Waals surface area contributed by atoms with E-state index >= 15 is 0 Å². The monoisotopic (exact) mass is 368 g/mol. The largest absolute Gasteiger partial charge is 0.410 e. The van der Waals surface area contributed by atoms with Gasteiger partial charge in [0.05, 0.1) is 11.0 Å². The molecule has 3 nitrogen and oxygen atoms in total. The molecule has 0 spiro atoms. The van der Waals surface area contributed by atoms with Crippen LogP contribution in [0, 0.1) is 0 Å². The molecule has 1 atom stereocenters. The fourth-order valence-corrected chi connectivity index (χ4v) is 10.3. The van der Waals surface area contributed by atoms with Gasteiger partial charge in [-0.3, -0.25) is 0 Å². The summed E-state index contributed by atoms with van der Waals surface area (Å²) in [5.74, 6) is 0. The first-order valence-corrected chi connectivity index (χ1v) is 12.4. The Morgan fingerprint density at radius 2 is 1.33 bits per heavy atom. The van der Waals surface area contributed by atoms with Crippen LogP contribution in [0.25, 0.3) is 0 Å². The number of benzene rings is 1. The van der Waals surface area contributed by atoms with Gasteiger partial charge in [0.25, 0.3) is 0 Å². The van der Waals surface area contributed by atoms with Crippen LogP contribution in [0.15, 0.2) is 46.7 Å². The zero-order valence-corrected chi connectivity index (χ0v) is 17.8. The van der Waals surface area contributed by atoms with Crippen LogP contribution in [0.3, 0.4) is 0 Å². The molecule has 0 aliphatic carbocycles. The fraction of sp³-hybridized carbons (Fsp3) is 0.579. The Balaban J connectivity index is 3.00. The predicted molar refractivity (Wildman–Crippen MR) is 104 cm³/mol. The highest BCUT2D eigenvalue weighted by Gasteiger charge is 2.45. The highest BCUT2D eigenvalue weighted by Crippen LogP contribution is 2.43. The Labute approximate surface area is 149 Å². The summed E-state index contributed by atoms with van der Waals surface area (Å²) in [5.41, 5.74) is 1.41. The molecule has 0 saturated heterocycles. The topological polar surface area (TPSA) is 43.4 Å². The molecule has 0 fully saturated rings. The summed E-state index contributed by atoms with van der Waals surface area (Å²) in [6, 6.07) is 8.49. The molecule has 1 aromatic rings. The van der Waals surface area contributed by atoms with Gasteiger partial charge < -0.3 is 4.43 Å². The van der Waals surface area contributed by atoms with E-state index in [0.29, 0.717) is 21.5 Å². The van der Waals surface area contributed by atoms with E-state index in [9.17, 15) is 8.42 Å². The van der Waals surface area contributed by atoms with E-state index in [1.807, 2.05) is 13.0 Å². The van der Waals surface area contributed by atoms with Gasteiger partial charge in [-0.15, -0.1) is 0 Å². The summed E-state index contributed by atoms with van der Waals surface area (Å²) in [7, 11) is -5.43. The van der Waals surface area contributed by atoms with Crippen molar-refractivity contribution in [3.63, 3.8) is 0 Å². The molecule has 0 aliphatic rings. The lowest BCUT2D eigenvalue weighted by atomic mass is 10.4. The average molecular weight is 369 g/mol. The fourth-order valence-electron chi connectivity index (χ4n) is 3.67. The Bertz CT molecular complexity index is 612. The molecule has 1 rings (SSSR count). The molecule has 0 unspecified atom stereocenters. The third kappa shape index (κ3) is 4.80. The van der Waals surface area contributed by atoms with Gasteiger partial charge in [0.2, 0.25) is 8.32 Å². The van der Waals surface area contributed by atoms with Crippen LogP contribution in [0.1, 0.15) is 48.5 Å². The molecule has 0 amide bonds. The van der Waals surface area contributed by atoms with Gasteiger partial charge in [-0.05, 0) is 41.8 Å². The predicted octanol–water partition coefficient (Wildman–Crippen LogP) is 5.55. The second-order valence-corrected chi connectivity index (χ2v) is 14.6. The second-order valence-electron chi connectivity index (χ2n) is 7.33. The molecule has 0 N–H and O–H groups in total. The van der Waals surface area contributed by atoms with Crippen molar-refractivity contribution in [1.82, 2.24) is 0 Å². The molecule has 1 aromatic carbocycles. The van der Waals surface area contributed by atoms with Crippen molar-refractivity contribution in [2.45, 2.75) is 76.1 Å². The molecule has 0 radical (unpaired) electrons. The number of sulfone groups is 1. The van der Waals surface area contributed by atoms with Crippen LogP contribution in [-0.4, -0.2) is 22.8 Å². The standard InChI is InChI=1S/C19H32O3SSi/c1-15(2)24(16(3)4,17(5)6)22-18(7)13-14-23(20,21)19-11-9-8-10-12-19/h8-18H,1-7H3/b14-13+/t18-/m0/s1. The molecule has 0 bridgehead atoms. The average Bonchev–Trinajstić information content (AvgIpc) is 2.50. The Kier molecular flexibility index (Phi) is 7.44. The van der Waals surface area contributed by atoms with Crippen molar-refractivity contribution in [3.05, 3.63) is 41.8 Å². The molecular formula is C19H32O3SSi. The molecule has 0 saturated carbocycles. The number of hydrogen-bond donors (Lipinski definition) is 0. The van der Waals surface area contributed by atoms with E-state index < -0.39 is 18.2 Å². The van der Waals surface area contributed by atoms with Crippen molar-refractivity contribution >= 4 is 18.2 Å². The SMILES string of the molecule is CC(C)[Si](O[C@@H](C)/C=C/S(=O)(=O)c1ccccc1)(C(C)C)C(C)C. The van der Waals surface area contributed by atoms with Gasteiger partial charge in [0.15, 0.2) is 9.84 Å². The molecule has 0 aromatic heterocycles. The van der Waals surface area contributed by atoms with Gasteiger partial charge in [0, 0.05) is 5.41 Å². The summed E-state index contributed by atoms with van der Waals surface area (Å²) < 4.78 is 31.3. The summed E-state index contributed by atoms with van der Waals surface area (Å²) in [5, 5.41) is 1.28. The van der Waals surface area contributed by atoms with Crippen molar-refractivity contribution in [2.24, 2.45) is 0 Å². The summed E-state index contributed by atoms with van der Waals surface area (Å²) >= 11 is 0. The van der Waals surface area contributed by atoms with Crippen molar-refractivity contribution < 1.29 is 12.8 Å². The Morgan fingerprint density at radius 3 is 1.75 bits per heavy atom. The van der Waals surface area contributed by atoms with Crippen LogP contribution in [0.4, 0.5) is 0 Å². The second kappa shape index (κ2) is 8.45. The first kappa shape index (κ1) is 21.1. The first-order chi connectivity index (χ1) is 11.0. The summed E-state index contributed by atoms with van der Waals surface area (Å²) in [6.45, 7) is 15.3. The minimum atomic E-state index is -3.42. The van der Waals surface area contributed by atoms with E-state index in [-0.39, 0.29) is 6.10 Å². The van der Waals surface area contributed by atoms with Crippen molar-refractivity contribution in [1.29, 1.82) is 0 Å². The number of rotatable bonds is 8. The molecule has 5 heteroatoms. The van der Waals surface area contributed by atoms with Crippen molar-refractivity contribution in [3.8, 4) is 0 Å². The van der Waals surface area contributed by atoms with E-state index in [2.05, 4.69) is 41.5 Å². The molecule has 24 heavy (non-hydrogen) atoms. The summed E-state index contributed by atoms with van der Waals surface area (Å²) in [6.07, 6.45) is 1.46. The Hall–Kier alpha value is -0.913. The maximum atomic E-state index is 12.4. The maximum Gasteiger partial charge on any atom is 0.201 e. The lowest BCUT2D eigenvalue weighted by Crippen LogP contribution is -2.49. The zero-order chi connectivity index (χ0) is 18.5. The van der Waals surface area contributed by atoms with E-state index in [1.165, 1.54) is 5.41 Å². The van der Waals surface area contributed by atoms with Crippen LogP contribution in [0.2, 0.25) is 16.6 Å². The minimum absolute atomic E-state index is 0.220. The molecule has 0 heterocycles. The van der Waals surface area contributed by atoms with E-state index in [4.69, 9.17) is 4.43 Å². The van der Waals surface area contributed by atoms with Crippen LogP contribution in [-0.2, 0) is 14.3 Å². The van der Waals surface area contributed by atoms with Gasteiger partial charge in [-0.25, -0.2) is 8.42 Å². The van der Waals surface area contributed by atoms with Crippen LogP contribution >= 0.6 is 0 Å². The molecule has 0 aliphatic heterocycles.